The molecule has 1 unspecified atom stereocenters. The second-order valence-corrected chi connectivity index (χ2v) is 1.61. The molecule has 0 saturated carbocycles. The predicted octanol–water partition coefficient (Wildman–Crippen LogP) is 0.0964. The zero-order valence-electron chi connectivity index (χ0n) is 5.33. The van der Waals surface area contributed by atoms with Gasteiger partial charge in [0.15, 0.2) is 0 Å². The van der Waals surface area contributed by atoms with Crippen LogP contribution in [0.1, 0.15) is 6.92 Å². The van der Waals surface area contributed by atoms with Crippen molar-refractivity contribution in [1.82, 2.24) is 0 Å². The maximum Gasteiger partial charge on any atom is 0.302 e. The molecular weight excluding hydrogens is 120 g/mol. The van der Waals surface area contributed by atoms with Gasteiger partial charge in [0, 0.05) is 6.92 Å². The lowest BCUT2D eigenvalue weighted by Gasteiger charge is -2.03. The van der Waals surface area contributed by atoms with Crippen molar-refractivity contribution < 1.29 is 14.6 Å². The van der Waals surface area contributed by atoms with Gasteiger partial charge < -0.3 is 9.84 Å². The van der Waals surface area contributed by atoms with Crippen LogP contribution in [0.4, 0.5) is 0 Å². The normalized spacial score (nSPS) is 12.2. The zero-order valence-corrected chi connectivity index (χ0v) is 5.33. The van der Waals surface area contributed by atoms with E-state index in [4.69, 9.17) is 5.11 Å². The minimum Gasteiger partial charge on any atom is -0.463 e. The van der Waals surface area contributed by atoms with Crippen molar-refractivity contribution in [3.63, 3.8) is 0 Å². The fourth-order valence-electron chi connectivity index (χ4n) is 0.271. The molecule has 1 N–H and O–H groups in total. The van der Waals surface area contributed by atoms with Crippen LogP contribution in [0.5, 0.6) is 0 Å². The van der Waals surface area contributed by atoms with E-state index in [2.05, 4.69) is 11.3 Å². The first-order valence-electron chi connectivity index (χ1n) is 2.60. The lowest BCUT2D eigenvalue weighted by Crippen LogP contribution is -2.13. The number of hydrogen-bond donors (Lipinski definition) is 1. The summed E-state index contributed by atoms with van der Waals surface area (Å²) in [6.45, 7) is 4.58. The highest BCUT2D eigenvalue weighted by Crippen LogP contribution is 1.85. The van der Waals surface area contributed by atoms with Gasteiger partial charge in [0.2, 0.25) is 0 Å². The summed E-state index contributed by atoms with van der Waals surface area (Å²) < 4.78 is 4.43. The molecule has 52 valence electrons. The van der Waals surface area contributed by atoms with Crippen molar-refractivity contribution in [1.29, 1.82) is 0 Å². The second-order valence-electron chi connectivity index (χ2n) is 1.61. The van der Waals surface area contributed by atoms with Gasteiger partial charge in [-0.25, -0.2) is 0 Å². The molecule has 3 nitrogen and oxygen atoms in total. The molecule has 0 aromatic rings. The quantitative estimate of drug-likeness (QED) is 0.435. The first-order chi connectivity index (χ1) is 4.16. The molecule has 0 aliphatic rings. The largest absolute Gasteiger partial charge is 0.463 e. The molecule has 0 saturated heterocycles. The van der Waals surface area contributed by atoms with Crippen molar-refractivity contribution in [3.05, 3.63) is 12.7 Å². The standard InChI is InChI=1S/C6H10O3/c1-3-6(8)4-9-5(2)7/h3,6,8H,1,4H2,2H3. The van der Waals surface area contributed by atoms with Crippen LogP contribution in [0.15, 0.2) is 12.7 Å². The van der Waals surface area contributed by atoms with E-state index in [0.717, 1.165) is 0 Å². The molecule has 0 rings (SSSR count). The lowest BCUT2D eigenvalue weighted by molar-refractivity contribution is -0.143. The fourth-order valence-corrected chi connectivity index (χ4v) is 0.271. The summed E-state index contributed by atoms with van der Waals surface area (Å²) in [5, 5.41) is 8.71. The van der Waals surface area contributed by atoms with Gasteiger partial charge in [-0.2, -0.15) is 0 Å². The number of aliphatic hydroxyl groups is 1. The summed E-state index contributed by atoms with van der Waals surface area (Å²) in [5.74, 6) is -0.393. The number of ether oxygens (including phenoxy) is 1. The summed E-state index contributed by atoms with van der Waals surface area (Å²) in [4.78, 5) is 10.1. The van der Waals surface area contributed by atoms with Crippen molar-refractivity contribution in [2.75, 3.05) is 6.61 Å². The molecule has 0 aromatic heterocycles. The van der Waals surface area contributed by atoms with Gasteiger partial charge in [0.1, 0.15) is 12.7 Å². The smallest absolute Gasteiger partial charge is 0.302 e. The van der Waals surface area contributed by atoms with Gasteiger partial charge in [0.05, 0.1) is 0 Å². The summed E-state index contributed by atoms with van der Waals surface area (Å²) in [7, 11) is 0. The number of rotatable bonds is 3. The number of esters is 1. The third kappa shape index (κ3) is 5.03. The molecule has 0 bridgehead atoms. The van der Waals surface area contributed by atoms with Gasteiger partial charge in [-0.1, -0.05) is 6.08 Å². The van der Waals surface area contributed by atoms with Crippen molar-refractivity contribution >= 4 is 5.97 Å². The summed E-state index contributed by atoms with van der Waals surface area (Å²) in [5.41, 5.74) is 0. The Morgan fingerprint density at radius 1 is 2.00 bits per heavy atom. The number of carbonyl (C=O) groups is 1. The molecule has 3 heteroatoms. The Hall–Kier alpha value is -0.830. The predicted molar refractivity (Wildman–Crippen MR) is 32.8 cm³/mol. The minimum absolute atomic E-state index is 0.00116. The van der Waals surface area contributed by atoms with Crippen LogP contribution >= 0.6 is 0 Å². The maximum absolute atomic E-state index is 10.1. The van der Waals surface area contributed by atoms with E-state index in [1.54, 1.807) is 0 Å². The van der Waals surface area contributed by atoms with E-state index >= 15 is 0 Å². The molecule has 0 amide bonds. The Morgan fingerprint density at radius 3 is 2.89 bits per heavy atom. The van der Waals surface area contributed by atoms with E-state index in [9.17, 15) is 4.79 Å². The fraction of sp³-hybridized carbons (Fsp3) is 0.500. The van der Waals surface area contributed by atoms with Crippen LogP contribution in [0.25, 0.3) is 0 Å². The highest BCUT2D eigenvalue weighted by molar-refractivity contribution is 5.65. The van der Waals surface area contributed by atoms with Gasteiger partial charge >= 0.3 is 5.97 Å². The van der Waals surface area contributed by atoms with Crippen LogP contribution < -0.4 is 0 Å². The number of aliphatic hydroxyl groups excluding tert-OH is 1. The Kier molecular flexibility index (Phi) is 3.71. The van der Waals surface area contributed by atoms with Crippen LogP contribution in [0.3, 0.4) is 0 Å². The Bertz CT molecular complexity index is 109. The van der Waals surface area contributed by atoms with Crippen LogP contribution in [-0.2, 0) is 9.53 Å². The topological polar surface area (TPSA) is 46.5 Å². The molecule has 0 heterocycles. The Balaban J connectivity index is 3.26. The minimum atomic E-state index is -0.742. The maximum atomic E-state index is 10.1. The number of carbonyl (C=O) groups excluding carboxylic acids is 1. The molecule has 0 aliphatic heterocycles. The molecule has 9 heavy (non-hydrogen) atoms. The van der Waals surface area contributed by atoms with Crippen molar-refractivity contribution in [2.24, 2.45) is 0 Å². The van der Waals surface area contributed by atoms with Crippen LogP contribution in [0, 0.1) is 0 Å². The molecular formula is C6H10O3. The molecule has 1 atom stereocenters. The second kappa shape index (κ2) is 4.09. The monoisotopic (exact) mass is 130 g/mol. The highest BCUT2D eigenvalue weighted by Gasteiger charge is 1.98. The lowest BCUT2D eigenvalue weighted by atomic mass is 10.4. The van der Waals surface area contributed by atoms with Gasteiger partial charge in [0.25, 0.3) is 0 Å². The van der Waals surface area contributed by atoms with E-state index in [1.165, 1.54) is 13.0 Å². The summed E-state index contributed by atoms with van der Waals surface area (Å²) in [6, 6.07) is 0. The van der Waals surface area contributed by atoms with E-state index < -0.39 is 12.1 Å². The van der Waals surface area contributed by atoms with Gasteiger partial charge in [-0.15, -0.1) is 6.58 Å². The summed E-state index contributed by atoms with van der Waals surface area (Å²) >= 11 is 0. The summed E-state index contributed by atoms with van der Waals surface area (Å²) in [6.07, 6.45) is 0.567. The average molecular weight is 130 g/mol. The molecule has 0 spiro atoms. The number of hydrogen-bond acceptors (Lipinski definition) is 3. The van der Waals surface area contributed by atoms with E-state index in [0.29, 0.717) is 0 Å². The Morgan fingerprint density at radius 2 is 2.56 bits per heavy atom. The molecule has 0 aliphatic carbocycles. The SMILES string of the molecule is C=CC(O)COC(C)=O. The zero-order chi connectivity index (χ0) is 7.28. The van der Waals surface area contributed by atoms with E-state index in [-0.39, 0.29) is 6.61 Å². The van der Waals surface area contributed by atoms with Crippen molar-refractivity contribution in [2.45, 2.75) is 13.0 Å². The average Bonchev–Trinajstić information content (AvgIpc) is 1.83. The van der Waals surface area contributed by atoms with Crippen LogP contribution in [-0.4, -0.2) is 23.8 Å². The first-order valence-corrected chi connectivity index (χ1v) is 2.60. The molecule has 0 aromatic carbocycles. The third-order valence-corrected chi connectivity index (χ3v) is 0.729. The third-order valence-electron chi connectivity index (χ3n) is 0.729. The van der Waals surface area contributed by atoms with E-state index in [1.807, 2.05) is 0 Å². The van der Waals surface area contributed by atoms with Gasteiger partial charge in [-0.05, 0) is 0 Å². The molecule has 0 radical (unpaired) electrons. The first kappa shape index (κ1) is 8.17. The highest BCUT2D eigenvalue weighted by atomic mass is 16.5. The van der Waals surface area contributed by atoms with Crippen molar-refractivity contribution in [3.8, 4) is 0 Å². The van der Waals surface area contributed by atoms with Gasteiger partial charge in [-0.3, -0.25) is 4.79 Å². The molecule has 0 fully saturated rings. The van der Waals surface area contributed by atoms with Crippen LogP contribution in [0.2, 0.25) is 0 Å². The Labute approximate surface area is 53.9 Å².